The van der Waals surface area contributed by atoms with Gasteiger partial charge in [0.25, 0.3) is 0 Å². The summed E-state index contributed by atoms with van der Waals surface area (Å²) in [5.41, 5.74) is 0. The number of methoxy groups -OCH3 is 1. The Morgan fingerprint density at radius 2 is 2.17 bits per heavy atom. The number of ether oxygens (including phenoxy) is 2. The fourth-order valence-corrected chi connectivity index (χ4v) is 3.30. The molecule has 0 bridgehead atoms. The van der Waals surface area contributed by atoms with Crippen LogP contribution in [0.25, 0.3) is 0 Å². The quantitative estimate of drug-likeness (QED) is 0.666. The van der Waals surface area contributed by atoms with Crippen LogP contribution in [0.5, 0.6) is 0 Å². The van der Waals surface area contributed by atoms with Gasteiger partial charge in [0.05, 0.1) is 17.0 Å². The molecule has 1 heterocycles. The molecule has 1 N–H and O–H groups in total. The standard InChI is InChI=1S/C13H22BrNO2S/c1-3-15-11(6-7-17-9-8-16-2)10-12-4-5-13(14)18-12/h4-5,11,15H,3,6-10H2,1-2H3. The fourth-order valence-electron chi connectivity index (χ4n) is 1.74. The minimum Gasteiger partial charge on any atom is -0.382 e. The molecular weight excluding hydrogens is 314 g/mol. The van der Waals surface area contributed by atoms with Crippen molar-refractivity contribution in [2.45, 2.75) is 25.8 Å². The molecule has 1 atom stereocenters. The summed E-state index contributed by atoms with van der Waals surface area (Å²) in [5, 5.41) is 3.51. The Kier molecular flexibility index (Phi) is 8.88. The number of thiophene rings is 1. The highest BCUT2D eigenvalue weighted by Crippen LogP contribution is 2.23. The number of halogens is 1. The van der Waals surface area contributed by atoms with E-state index in [1.807, 2.05) is 0 Å². The Hall–Kier alpha value is 0.0600. The highest BCUT2D eigenvalue weighted by Gasteiger charge is 2.09. The molecule has 0 spiro atoms. The van der Waals surface area contributed by atoms with Crippen LogP contribution in [0.15, 0.2) is 15.9 Å². The second-order valence-corrected chi connectivity index (χ2v) is 6.61. The largest absolute Gasteiger partial charge is 0.382 e. The lowest BCUT2D eigenvalue weighted by Crippen LogP contribution is -2.32. The van der Waals surface area contributed by atoms with Crippen LogP contribution in [0.4, 0.5) is 0 Å². The van der Waals surface area contributed by atoms with Gasteiger partial charge in [0.1, 0.15) is 0 Å². The molecule has 1 aromatic rings. The predicted molar refractivity (Wildman–Crippen MR) is 80.5 cm³/mol. The van der Waals surface area contributed by atoms with E-state index >= 15 is 0 Å². The topological polar surface area (TPSA) is 30.5 Å². The van der Waals surface area contributed by atoms with Crippen molar-refractivity contribution in [3.05, 3.63) is 20.8 Å². The van der Waals surface area contributed by atoms with Gasteiger partial charge < -0.3 is 14.8 Å². The maximum atomic E-state index is 5.52. The second-order valence-electron chi connectivity index (χ2n) is 4.06. The Bertz CT molecular complexity index is 320. The first-order valence-corrected chi connectivity index (χ1v) is 7.91. The Morgan fingerprint density at radius 3 is 2.78 bits per heavy atom. The molecule has 0 fully saturated rings. The third-order valence-electron chi connectivity index (χ3n) is 2.61. The summed E-state index contributed by atoms with van der Waals surface area (Å²) in [4.78, 5) is 1.41. The van der Waals surface area contributed by atoms with Crippen molar-refractivity contribution < 1.29 is 9.47 Å². The summed E-state index contributed by atoms with van der Waals surface area (Å²) in [5.74, 6) is 0. The summed E-state index contributed by atoms with van der Waals surface area (Å²) in [6.45, 7) is 5.27. The predicted octanol–water partition coefficient (Wildman–Crippen LogP) is 3.08. The Balaban J connectivity index is 2.26. The van der Waals surface area contributed by atoms with Crippen LogP contribution in [0.1, 0.15) is 18.2 Å². The molecule has 1 aromatic heterocycles. The molecule has 0 amide bonds. The average Bonchev–Trinajstić information content (AvgIpc) is 2.75. The van der Waals surface area contributed by atoms with Crippen LogP contribution < -0.4 is 5.32 Å². The summed E-state index contributed by atoms with van der Waals surface area (Å²) in [6.07, 6.45) is 2.10. The number of nitrogens with one attached hydrogen (secondary N) is 1. The summed E-state index contributed by atoms with van der Waals surface area (Å²) >= 11 is 5.31. The van der Waals surface area contributed by atoms with Gasteiger partial charge in [0.2, 0.25) is 0 Å². The van der Waals surface area contributed by atoms with Crippen molar-refractivity contribution >= 4 is 27.3 Å². The van der Waals surface area contributed by atoms with Gasteiger partial charge in [0, 0.05) is 24.6 Å². The van der Waals surface area contributed by atoms with Crippen molar-refractivity contribution in [1.82, 2.24) is 5.32 Å². The van der Waals surface area contributed by atoms with E-state index in [9.17, 15) is 0 Å². The molecule has 3 nitrogen and oxygen atoms in total. The average molecular weight is 336 g/mol. The molecule has 0 aliphatic rings. The SMILES string of the molecule is CCNC(CCOCCOC)Cc1ccc(Br)s1. The van der Waals surface area contributed by atoms with Crippen LogP contribution >= 0.6 is 27.3 Å². The zero-order valence-electron chi connectivity index (χ0n) is 11.1. The zero-order valence-corrected chi connectivity index (χ0v) is 13.5. The number of hydrogen-bond donors (Lipinski definition) is 1. The molecule has 0 aromatic carbocycles. The zero-order chi connectivity index (χ0) is 13.2. The van der Waals surface area contributed by atoms with Crippen LogP contribution in [-0.2, 0) is 15.9 Å². The normalized spacial score (nSPS) is 12.8. The lowest BCUT2D eigenvalue weighted by atomic mass is 10.1. The van der Waals surface area contributed by atoms with E-state index in [0.717, 1.165) is 26.0 Å². The minimum atomic E-state index is 0.489. The first-order chi connectivity index (χ1) is 8.76. The third kappa shape index (κ3) is 6.85. The first kappa shape index (κ1) is 16.1. The molecule has 0 aliphatic heterocycles. The van der Waals surface area contributed by atoms with Gasteiger partial charge in [-0.05, 0) is 47.4 Å². The van der Waals surface area contributed by atoms with E-state index in [1.54, 1.807) is 18.4 Å². The van der Waals surface area contributed by atoms with Gasteiger partial charge in [-0.3, -0.25) is 0 Å². The van der Waals surface area contributed by atoms with Gasteiger partial charge in [-0.2, -0.15) is 0 Å². The summed E-state index contributed by atoms with van der Waals surface area (Å²) in [6, 6.07) is 4.78. The minimum absolute atomic E-state index is 0.489. The number of hydrogen-bond acceptors (Lipinski definition) is 4. The Labute approximate surface area is 122 Å². The number of rotatable bonds is 10. The maximum Gasteiger partial charge on any atom is 0.0701 e. The monoisotopic (exact) mass is 335 g/mol. The molecule has 104 valence electrons. The molecule has 1 rings (SSSR count). The van der Waals surface area contributed by atoms with Crippen LogP contribution in [0.3, 0.4) is 0 Å². The molecular formula is C13H22BrNO2S. The first-order valence-electron chi connectivity index (χ1n) is 6.30. The highest BCUT2D eigenvalue weighted by atomic mass is 79.9. The number of likely N-dealkylation sites (N-methyl/N-ethyl adjacent to an activating group) is 1. The third-order valence-corrected chi connectivity index (χ3v) is 4.26. The summed E-state index contributed by atoms with van der Waals surface area (Å²) < 4.78 is 11.7. The second kappa shape index (κ2) is 9.92. The highest BCUT2D eigenvalue weighted by molar-refractivity contribution is 9.11. The molecule has 0 aliphatic carbocycles. The van der Waals surface area contributed by atoms with Crippen molar-refractivity contribution in [2.75, 3.05) is 33.5 Å². The Morgan fingerprint density at radius 1 is 1.33 bits per heavy atom. The van der Waals surface area contributed by atoms with Gasteiger partial charge in [-0.25, -0.2) is 0 Å². The van der Waals surface area contributed by atoms with E-state index < -0.39 is 0 Å². The molecule has 18 heavy (non-hydrogen) atoms. The molecule has 0 saturated heterocycles. The van der Waals surface area contributed by atoms with E-state index in [4.69, 9.17) is 9.47 Å². The van der Waals surface area contributed by atoms with Crippen LogP contribution in [0.2, 0.25) is 0 Å². The molecule has 0 radical (unpaired) electrons. The molecule has 1 unspecified atom stereocenters. The van der Waals surface area contributed by atoms with Gasteiger partial charge in [-0.1, -0.05) is 6.92 Å². The summed E-state index contributed by atoms with van der Waals surface area (Å²) in [7, 11) is 1.69. The van der Waals surface area contributed by atoms with Crippen molar-refractivity contribution in [3.63, 3.8) is 0 Å². The lowest BCUT2D eigenvalue weighted by Gasteiger charge is -2.17. The van der Waals surface area contributed by atoms with Crippen LogP contribution in [-0.4, -0.2) is 39.5 Å². The molecule has 5 heteroatoms. The van der Waals surface area contributed by atoms with Crippen molar-refractivity contribution in [1.29, 1.82) is 0 Å². The fraction of sp³-hybridized carbons (Fsp3) is 0.692. The van der Waals surface area contributed by atoms with E-state index in [-0.39, 0.29) is 0 Å². The van der Waals surface area contributed by atoms with Crippen LogP contribution in [0, 0.1) is 0 Å². The van der Waals surface area contributed by atoms with Gasteiger partial charge in [0.15, 0.2) is 0 Å². The van der Waals surface area contributed by atoms with E-state index in [0.29, 0.717) is 19.3 Å². The molecule has 0 saturated carbocycles. The van der Waals surface area contributed by atoms with Gasteiger partial charge in [-0.15, -0.1) is 11.3 Å². The smallest absolute Gasteiger partial charge is 0.0701 e. The van der Waals surface area contributed by atoms with E-state index in [2.05, 4.69) is 40.3 Å². The van der Waals surface area contributed by atoms with E-state index in [1.165, 1.54) is 8.66 Å². The van der Waals surface area contributed by atoms with Crippen molar-refractivity contribution in [2.24, 2.45) is 0 Å². The maximum absolute atomic E-state index is 5.52. The lowest BCUT2D eigenvalue weighted by molar-refractivity contribution is 0.0659. The van der Waals surface area contributed by atoms with Crippen molar-refractivity contribution in [3.8, 4) is 0 Å². The van der Waals surface area contributed by atoms with Gasteiger partial charge >= 0.3 is 0 Å².